The number of nitro benzene ring substituents is 1. The van der Waals surface area contributed by atoms with Crippen LogP contribution in [0, 0.1) is 10.1 Å². The number of benzene rings is 1. The average molecular weight is 300 g/mol. The van der Waals surface area contributed by atoms with Gasteiger partial charge in [0.05, 0.1) is 15.6 Å². The van der Waals surface area contributed by atoms with E-state index in [2.05, 4.69) is 37.9 Å². The SMILES string of the molecule is CC(C)N(CCNc1ccc([N+](=O)[O-])cc1Cl)C(C)C. The number of anilines is 1. The quantitative estimate of drug-likeness (QED) is 0.615. The average Bonchev–Trinajstić information content (AvgIpc) is 2.34. The van der Waals surface area contributed by atoms with Gasteiger partial charge < -0.3 is 5.32 Å². The number of nitro groups is 1. The Kier molecular flexibility index (Phi) is 6.23. The third kappa shape index (κ3) is 4.65. The van der Waals surface area contributed by atoms with Crippen LogP contribution in [-0.4, -0.2) is 35.0 Å². The fraction of sp³-hybridized carbons (Fsp3) is 0.571. The first-order chi connectivity index (χ1) is 9.32. The third-order valence-electron chi connectivity index (χ3n) is 3.18. The van der Waals surface area contributed by atoms with E-state index in [0.717, 1.165) is 18.8 Å². The van der Waals surface area contributed by atoms with Gasteiger partial charge in [-0.2, -0.15) is 0 Å². The maximum atomic E-state index is 10.6. The molecule has 0 heterocycles. The molecule has 0 aliphatic carbocycles. The smallest absolute Gasteiger partial charge is 0.271 e. The Morgan fingerprint density at radius 1 is 1.30 bits per heavy atom. The molecule has 0 bridgehead atoms. The molecular weight excluding hydrogens is 278 g/mol. The Morgan fingerprint density at radius 3 is 2.35 bits per heavy atom. The Balaban J connectivity index is 2.60. The highest BCUT2D eigenvalue weighted by atomic mass is 35.5. The van der Waals surface area contributed by atoms with Gasteiger partial charge in [0, 0.05) is 37.3 Å². The number of non-ortho nitro benzene ring substituents is 1. The lowest BCUT2D eigenvalue weighted by Gasteiger charge is -2.30. The predicted octanol–water partition coefficient (Wildman–Crippen LogP) is 3.78. The van der Waals surface area contributed by atoms with E-state index in [4.69, 9.17) is 11.6 Å². The molecule has 0 aliphatic rings. The maximum absolute atomic E-state index is 10.6. The number of rotatable bonds is 7. The fourth-order valence-electron chi connectivity index (χ4n) is 2.19. The van der Waals surface area contributed by atoms with Crippen LogP contribution in [0.25, 0.3) is 0 Å². The van der Waals surface area contributed by atoms with E-state index in [0.29, 0.717) is 17.1 Å². The molecule has 1 aromatic rings. The molecule has 1 rings (SSSR count). The van der Waals surface area contributed by atoms with Crippen molar-refractivity contribution in [2.75, 3.05) is 18.4 Å². The number of hydrogen-bond donors (Lipinski definition) is 1. The van der Waals surface area contributed by atoms with Crippen LogP contribution >= 0.6 is 11.6 Å². The van der Waals surface area contributed by atoms with Crippen molar-refractivity contribution in [2.45, 2.75) is 39.8 Å². The highest BCUT2D eigenvalue weighted by Gasteiger charge is 2.13. The van der Waals surface area contributed by atoms with Crippen molar-refractivity contribution in [3.63, 3.8) is 0 Å². The Bertz CT molecular complexity index is 456. The van der Waals surface area contributed by atoms with Crippen LogP contribution in [0.3, 0.4) is 0 Å². The van der Waals surface area contributed by atoms with Gasteiger partial charge in [0.2, 0.25) is 0 Å². The summed E-state index contributed by atoms with van der Waals surface area (Å²) in [5.41, 5.74) is 0.733. The van der Waals surface area contributed by atoms with Crippen LogP contribution in [0.15, 0.2) is 18.2 Å². The van der Waals surface area contributed by atoms with Crippen LogP contribution in [0.4, 0.5) is 11.4 Å². The monoisotopic (exact) mass is 299 g/mol. The van der Waals surface area contributed by atoms with E-state index in [9.17, 15) is 10.1 Å². The molecule has 0 saturated heterocycles. The van der Waals surface area contributed by atoms with Crippen LogP contribution < -0.4 is 5.32 Å². The van der Waals surface area contributed by atoms with Crippen molar-refractivity contribution >= 4 is 23.0 Å². The zero-order chi connectivity index (χ0) is 15.3. The van der Waals surface area contributed by atoms with Crippen molar-refractivity contribution in [3.8, 4) is 0 Å². The van der Waals surface area contributed by atoms with Crippen molar-refractivity contribution in [3.05, 3.63) is 33.3 Å². The lowest BCUT2D eigenvalue weighted by Crippen LogP contribution is -2.40. The molecule has 0 amide bonds. The van der Waals surface area contributed by atoms with Gasteiger partial charge in [-0.25, -0.2) is 0 Å². The lowest BCUT2D eigenvalue weighted by atomic mass is 10.2. The summed E-state index contributed by atoms with van der Waals surface area (Å²) in [6, 6.07) is 5.42. The molecule has 0 radical (unpaired) electrons. The van der Waals surface area contributed by atoms with Gasteiger partial charge in [0.1, 0.15) is 0 Å². The second-order valence-corrected chi connectivity index (χ2v) is 5.68. The van der Waals surface area contributed by atoms with Gasteiger partial charge in [-0.1, -0.05) is 11.6 Å². The third-order valence-corrected chi connectivity index (χ3v) is 3.49. The highest BCUT2D eigenvalue weighted by Crippen LogP contribution is 2.26. The Hall–Kier alpha value is -1.33. The minimum absolute atomic E-state index is 0.00605. The summed E-state index contributed by atoms with van der Waals surface area (Å²) in [6.07, 6.45) is 0. The minimum atomic E-state index is -0.449. The molecule has 112 valence electrons. The number of nitrogens with zero attached hydrogens (tertiary/aromatic N) is 2. The molecule has 0 aliphatic heterocycles. The lowest BCUT2D eigenvalue weighted by molar-refractivity contribution is -0.384. The molecule has 1 aromatic carbocycles. The van der Waals surface area contributed by atoms with Gasteiger partial charge >= 0.3 is 0 Å². The van der Waals surface area contributed by atoms with E-state index in [1.807, 2.05) is 0 Å². The highest BCUT2D eigenvalue weighted by molar-refractivity contribution is 6.33. The van der Waals surface area contributed by atoms with Crippen LogP contribution in [0.1, 0.15) is 27.7 Å². The zero-order valence-electron chi connectivity index (χ0n) is 12.4. The van der Waals surface area contributed by atoms with E-state index < -0.39 is 4.92 Å². The first-order valence-electron chi connectivity index (χ1n) is 6.76. The molecule has 0 spiro atoms. The summed E-state index contributed by atoms with van der Waals surface area (Å²) in [5.74, 6) is 0. The molecule has 0 atom stereocenters. The second kappa shape index (κ2) is 7.45. The van der Waals surface area contributed by atoms with Gasteiger partial charge in [-0.15, -0.1) is 0 Å². The van der Waals surface area contributed by atoms with Gasteiger partial charge in [-0.05, 0) is 33.8 Å². The summed E-state index contributed by atoms with van der Waals surface area (Å²) < 4.78 is 0. The summed E-state index contributed by atoms with van der Waals surface area (Å²) in [4.78, 5) is 12.6. The number of hydrogen-bond acceptors (Lipinski definition) is 4. The molecule has 20 heavy (non-hydrogen) atoms. The molecule has 0 unspecified atom stereocenters. The van der Waals surface area contributed by atoms with Crippen molar-refractivity contribution < 1.29 is 4.92 Å². The topological polar surface area (TPSA) is 58.4 Å². The molecule has 0 saturated carbocycles. The molecular formula is C14H22ClN3O2. The van der Waals surface area contributed by atoms with Gasteiger partial charge in [-0.3, -0.25) is 15.0 Å². The predicted molar refractivity (Wildman–Crippen MR) is 83.6 cm³/mol. The summed E-state index contributed by atoms with van der Waals surface area (Å²) in [5, 5.41) is 14.2. The molecule has 1 N–H and O–H groups in total. The van der Waals surface area contributed by atoms with Gasteiger partial charge in [0.15, 0.2) is 0 Å². The molecule has 0 fully saturated rings. The largest absolute Gasteiger partial charge is 0.383 e. The first kappa shape index (κ1) is 16.7. The minimum Gasteiger partial charge on any atom is -0.383 e. The summed E-state index contributed by atoms with van der Waals surface area (Å²) in [7, 11) is 0. The van der Waals surface area contributed by atoms with Crippen molar-refractivity contribution in [1.82, 2.24) is 4.90 Å². The van der Waals surface area contributed by atoms with Crippen LogP contribution in [0.2, 0.25) is 5.02 Å². The molecule has 5 nitrogen and oxygen atoms in total. The van der Waals surface area contributed by atoms with E-state index >= 15 is 0 Å². The van der Waals surface area contributed by atoms with Gasteiger partial charge in [0.25, 0.3) is 5.69 Å². The number of nitrogens with one attached hydrogen (secondary N) is 1. The maximum Gasteiger partial charge on any atom is 0.271 e. The Morgan fingerprint density at radius 2 is 1.90 bits per heavy atom. The normalized spacial score (nSPS) is 11.4. The van der Waals surface area contributed by atoms with E-state index in [1.54, 1.807) is 6.07 Å². The van der Waals surface area contributed by atoms with Crippen LogP contribution in [0.5, 0.6) is 0 Å². The number of halogens is 1. The fourth-order valence-corrected chi connectivity index (χ4v) is 2.43. The van der Waals surface area contributed by atoms with Crippen LogP contribution in [-0.2, 0) is 0 Å². The summed E-state index contributed by atoms with van der Waals surface area (Å²) >= 11 is 6.03. The van der Waals surface area contributed by atoms with Crippen molar-refractivity contribution in [2.24, 2.45) is 0 Å². The zero-order valence-corrected chi connectivity index (χ0v) is 13.1. The van der Waals surface area contributed by atoms with E-state index in [1.165, 1.54) is 12.1 Å². The second-order valence-electron chi connectivity index (χ2n) is 5.27. The Labute approximate surface area is 125 Å². The molecule has 6 heteroatoms. The van der Waals surface area contributed by atoms with Crippen molar-refractivity contribution in [1.29, 1.82) is 0 Å². The standard InChI is InChI=1S/C14H22ClN3O2/c1-10(2)17(11(3)4)8-7-16-14-6-5-12(18(19)20)9-13(14)15/h5-6,9-11,16H,7-8H2,1-4H3. The summed E-state index contributed by atoms with van der Waals surface area (Å²) in [6.45, 7) is 10.3. The molecule has 0 aromatic heterocycles. The van der Waals surface area contributed by atoms with E-state index in [-0.39, 0.29) is 5.69 Å². The first-order valence-corrected chi connectivity index (χ1v) is 7.14.